The van der Waals surface area contributed by atoms with Crippen LogP contribution in [-0.4, -0.2) is 11.1 Å². The minimum atomic E-state index is -0.814. The van der Waals surface area contributed by atoms with Crippen molar-refractivity contribution >= 4 is 37.8 Å². The summed E-state index contributed by atoms with van der Waals surface area (Å²) < 4.78 is 1.80. The van der Waals surface area contributed by atoms with Crippen LogP contribution in [0.5, 0.6) is 0 Å². The SMILES string of the molecule is O=C(O)C1c2cc(Br)ccc2-c2ccc(Br)cc21. The number of hydrogen-bond acceptors (Lipinski definition) is 1. The van der Waals surface area contributed by atoms with Crippen LogP contribution in [0.25, 0.3) is 11.1 Å². The van der Waals surface area contributed by atoms with Gasteiger partial charge in [0.2, 0.25) is 0 Å². The molecular formula is C14H8Br2O2. The van der Waals surface area contributed by atoms with E-state index in [2.05, 4.69) is 31.9 Å². The van der Waals surface area contributed by atoms with Crippen molar-refractivity contribution in [2.24, 2.45) is 0 Å². The van der Waals surface area contributed by atoms with Crippen molar-refractivity contribution in [3.8, 4) is 11.1 Å². The molecule has 0 bridgehead atoms. The zero-order valence-electron chi connectivity index (χ0n) is 9.15. The Morgan fingerprint density at radius 3 is 1.78 bits per heavy atom. The quantitative estimate of drug-likeness (QED) is 0.810. The van der Waals surface area contributed by atoms with Crippen molar-refractivity contribution in [3.05, 3.63) is 56.5 Å². The van der Waals surface area contributed by atoms with Gasteiger partial charge in [0.15, 0.2) is 0 Å². The number of halogens is 2. The Balaban J connectivity index is 2.33. The van der Waals surface area contributed by atoms with Crippen LogP contribution >= 0.6 is 31.9 Å². The monoisotopic (exact) mass is 366 g/mol. The maximum absolute atomic E-state index is 11.5. The molecule has 3 rings (SSSR count). The van der Waals surface area contributed by atoms with E-state index in [1.807, 2.05) is 36.4 Å². The largest absolute Gasteiger partial charge is 0.481 e. The molecule has 1 N–H and O–H groups in total. The summed E-state index contributed by atoms with van der Waals surface area (Å²) in [5, 5.41) is 9.46. The second-order valence-electron chi connectivity index (χ2n) is 4.23. The summed E-state index contributed by atoms with van der Waals surface area (Å²) in [4.78, 5) is 11.5. The molecule has 0 fully saturated rings. The zero-order valence-corrected chi connectivity index (χ0v) is 12.3. The standard InChI is InChI=1S/C14H8Br2O2/c15-7-1-3-9-10-4-2-8(16)6-12(10)13(14(17)18)11(9)5-7/h1-6,13H,(H,17,18). The normalized spacial score (nSPS) is 13.2. The number of carbonyl (C=O) groups is 1. The lowest BCUT2D eigenvalue weighted by Gasteiger charge is -2.08. The predicted octanol–water partition coefficient (Wildman–Crippen LogP) is 4.41. The van der Waals surface area contributed by atoms with Crippen LogP contribution in [0.2, 0.25) is 0 Å². The summed E-state index contributed by atoms with van der Waals surface area (Å²) in [7, 11) is 0. The predicted molar refractivity (Wildman–Crippen MR) is 76.8 cm³/mol. The highest BCUT2D eigenvalue weighted by Gasteiger charge is 2.33. The van der Waals surface area contributed by atoms with Gasteiger partial charge in [-0.15, -0.1) is 0 Å². The van der Waals surface area contributed by atoms with Gasteiger partial charge >= 0.3 is 5.97 Å². The molecule has 18 heavy (non-hydrogen) atoms. The van der Waals surface area contributed by atoms with Gasteiger partial charge < -0.3 is 5.11 Å². The van der Waals surface area contributed by atoms with E-state index in [9.17, 15) is 9.90 Å². The van der Waals surface area contributed by atoms with Gasteiger partial charge in [-0.25, -0.2) is 0 Å². The molecule has 1 aliphatic carbocycles. The Labute approximate surface area is 121 Å². The maximum Gasteiger partial charge on any atom is 0.315 e. The lowest BCUT2D eigenvalue weighted by molar-refractivity contribution is -0.137. The molecule has 0 saturated heterocycles. The van der Waals surface area contributed by atoms with E-state index in [0.29, 0.717) is 0 Å². The van der Waals surface area contributed by atoms with Gasteiger partial charge in [0, 0.05) is 8.95 Å². The third-order valence-corrected chi connectivity index (χ3v) is 4.17. The van der Waals surface area contributed by atoms with Gasteiger partial charge in [-0.05, 0) is 46.5 Å². The van der Waals surface area contributed by atoms with Gasteiger partial charge in [-0.1, -0.05) is 44.0 Å². The van der Waals surface area contributed by atoms with Crippen molar-refractivity contribution < 1.29 is 9.90 Å². The number of benzene rings is 2. The molecule has 0 heterocycles. The summed E-state index contributed by atoms with van der Waals surface area (Å²) >= 11 is 6.80. The first-order valence-electron chi connectivity index (χ1n) is 5.40. The van der Waals surface area contributed by atoms with Crippen molar-refractivity contribution in [3.63, 3.8) is 0 Å². The summed E-state index contributed by atoms with van der Waals surface area (Å²) in [6, 6.07) is 11.6. The van der Waals surface area contributed by atoms with E-state index >= 15 is 0 Å². The Morgan fingerprint density at radius 1 is 0.944 bits per heavy atom. The average Bonchev–Trinajstić information content (AvgIpc) is 2.60. The molecule has 2 nitrogen and oxygen atoms in total. The lowest BCUT2D eigenvalue weighted by Crippen LogP contribution is -2.10. The summed E-state index contributed by atoms with van der Waals surface area (Å²) in [6.45, 7) is 0. The first-order chi connectivity index (χ1) is 8.58. The topological polar surface area (TPSA) is 37.3 Å². The van der Waals surface area contributed by atoms with E-state index in [-0.39, 0.29) is 0 Å². The summed E-state index contributed by atoms with van der Waals surface area (Å²) in [6.07, 6.45) is 0. The van der Waals surface area contributed by atoms with Crippen LogP contribution in [0.15, 0.2) is 45.3 Å². The average molecular weight is 368 g/mol. The summed E-state index contributed by atoms with van der Waals surface area (Å²) in [5.41, 5.74) is 3.72. The third kappa shape index (κ3) is 1.71. The molecule has 90 valence electrons. The van der Waals surface area contributed by atoms with Crippen molar-refractivity contribution in [1.82, 2.24) is 0 Å². The molecule has 0 spiro atoms. The Hall–Kier alpha value is -1.13. The first kappa shape index (κ1) is 11.9. The number of hydrogen-bond donors (Lipinski definition) is 1. The molecule has 0 amide bonds. The second kappa shape index (κ2) is 4.21. The van der Waals surface area contributed by atoms with Crippen LogP contribution < -0.4 is 0 Å². The Kier molecular flexibility index (Phi) is 2.79. The molecule has 0 aliphatic heterocycles. The van der Waals surface area contributed by atoms with Gasteiger partial charge in [0.1, 0.15) is 5.92 Å². The molecule has 2 aromatic carbocycles. The molecule has 0 radical (unpaired) electrons. The molecule has 0 unspecified atom stereocenters. The molecule has 4 heteroatoms. The van der Waals surface area contributed by atoms with Gasteiger partial charge in [-0.3, -0.25) is 4.79 Å². The van der Waals surface area contributed by atoms with Crippen LogP contribution in [0.1, 0.15) is 17.0 Å². The second-order valence-corrected chi connectivity index (χ2v) is 6.07. The van der Waals surface area contributed by atoms with Crippen LogP contribution in [0.4, 0.5) is 0 Å². The highest BCUT2D eigenvalue weighted by Crippen LogP contribution is 2.46. The Morgan fingerprint density at radius 2 is 1.39 bits per heavy atom. The number of aliphatic carboxylic acids is 1. The van der Waals surface area contributed by atoms with Gasteiger partial charge in [0.25, 0.3) is 0 Å². The van der Waals surface area contributed by atoms with E-state index in [1.165, 1.54) is 0 Å². The van der Waals surface area contributed by atoms with Crippen LogP contribution in [0, 0.1) is 0 Å². The van der Waals surface area contributed by atoms with E-state index in [4.69, 9.17) is 0 Å². The molecule has 0 saturated carbocycles. The van der Waals surface area contributed by atoms with Gasteiger partial charge in [0.05, 0.1) is 0 Å². The van der Waals surface area contributed by atoms with Crippen molar-refractivity contribution in [1.29, 1.82) is 0 Å². The van der Waals surface area contributed by atoms with E-state index in [1.54, 1.807) is 0 Å². The molecule has 0 atom stereocenters. The number of rotatable bonds is 1. The number of carboxylic acids is 1. The number of carboxylic acid groups (broad SMARTS) is 1. The van der Waals surface area contributed by atoms with Gasteiger partial charge in [-0.2, -0.15) is 0 Å². The van der Waals surface area contributed by atoms with E-state index in [0.717, 1.165) is 31.2 Å². The van der Waals surface area contributed by atoms with Crippen LogP contribution in [-0.2, 0) is 4.79 Å². The lowest BCUT2D eigenvalue weighted by atomic mass is 9.97. The summed E-state index contributed by atoms with van der Waals surface area (Å²) in [5.74, 6) is -1.39. The number of fused-ring (bicyclic) bond motifs is 3. The van der Waals surface area contributed by atoms with Crippen LogP contribution in [0.3, 0.4) is 0 Å². The van der Waals surface area contributed by atoms with E-state index < -0.39 is 11.9 Å². The molecule has 0 aromatic heterocycles. The minimum absolute atomic E-state index is 0.579. The van der Waals surface area contributed by atoms with Crippen molar-refractivity contribution in [2.75, 3.05) is 0 Å². The Bertz CT molecular complexity index is 613. The zero-order chi connectivity index (χ0) is 12.9. The molecule has 2 aromatic rings. The smallest absolute Gasteiger partial charge is 0.315 e. The highest BCUT2D eigenvalue weighted by molar-refractivity contribution is 9.10. The fraction of sp³-hybridized carbons (Fsp3) is 0.0714. The fourth-order valence-electron chi connectivity index (χ4n) is 2.47. The third-order valence-electron chi connectivity index (χ3n) is 3.19. The highest BCUT2D eigenvalue weighted by atomic mass is 79.9. The molecular weight excluding hydrogens is 360 g/mol. The molecule has 1 aliphatic rings. The van der Waals surface area contributed by atoms with Crippen molar-refractivity contribution in [2.45, 2.75) is 5.92 Å². The maximum atomic E-state index is 11.5. The fourth-order valence-corrected chi connectivity index (χ4v) is 3.23. The minimum Gasteiger partial charge on any atom is -0.481 e. The first-order valence-corrected chi connectivity index (χ1v) is 6.98.